The minimum Gasteiger partial charge on any atom is -0.348 e. The zero-order valence-corrected chi connectivity index (χ0v) is 10.2. The number of non-ortho nitro benzene ring substituents is 1. The molecular weight excluding hydrogens is 248 g/mol. The van der Waals surface area contributed by atoms with Crippen LogP contribution in [0, 0.1) is 10.1 Å². The van der Waals surface area contributed by atoms with E-state index >= 15 is 0 Å². The van der Waals surface area contributed by atoms with Crippen LogP contribution in [0.1, 0.15) is 15.9 Å². The maximum absolute atomic E-state index is 11.8. The molecule has 0 bridgehead atoms. The molecule has 1 aromatic carbocycles. The molecule has 0 saturated carbocycles. The van der Waals surface area contributed by atoms with Gasteiger partial charge < -0.3 is 5.32 Å². The van der Waals surface area contributed by atoms with Crippen molar-refractivity contribution in [2.75, 3.05) is 0 Å². The molecule has 1 amide bonds. The molecule has 1 N–H and O–H groups in total. The highest BCUT2D eigenvalue weighted by Gasteiger charge is 2.11. The van der Waals surface area contributed by atoms with Crippen molar-refractivity contribution in [1.29, 1.82) is 0 Å². The number of aryl methyl sites for hydroxylation is 1. The first-order chi connectivity index (χ1) is 9.06. The minimum atomic E-state index is -0.530. The Kier molecular flexibility index (Phi) is 3.56. The van der Waals surface area contributed by atoms with Crippen molar-refractivity contribution in [2.45, 2.75) is 6.54 Å². The van der Waals surface area contributed by atoms with Crippen LogP contribution in [0.2, 0.25) is 0 Å². The van der Waals surface area contributed by atoms with Gasteiger partial charge in [0.1, 0.15) is 0 Å². The molecule has 0 saturated heterocycles. The summed E-state index contributed by atoms with van der Waals surface area (Å²) in [5, 5.41) is 17.3. The van der Waals surface area contributed by atoms with Gasteiger partial charge in [-0.2, -0.15) is 5.10 Å². The van der Waals surface area contributed by atoms with E-state index in [1.54, 1.807) is 24.1 Å². The largest absolute Gasteiger partial charge is 0.348 e. The van der Waals surface area contributed by atoms with Crippen LogP contribution in [0.3, 0.4) is 0 Å². The van der Waals surface area contributed by atoms with Crippen LogP contribution in [-0.2, 0) is 13.6 Å². The fourth-order valence-corrected chi connectivity index (χ4v) is 1.61. The molecule has 7 heteroatoms. The molecule has 0 aliphatic heterocycles. The molecule has 0 fully saturated rings. The van der Waals surface area contributed by atoms with E-state index in [1.165, 1.54) is 24.3 Å². The number of rotatable bonds is 4. The Labute approximate surface area is 109 Å². The molecule has 98 valence electrons. The molecule has 7 nitrogen and oxygen atoms in total. The zero-order valence-electron chi connectivity index (χ0n) is 10.2. The van der Waals surface area contributed by atoms with Gasteiger partial charge in [-0.05, 0) is 6.07 Å². The van der Waals surface area contributed by atoms with Crippen LogP contribution in [0.15, 0.2) is 36.7 Å². The third kappa shape index (κ3) is 3.15. The number of aromatic nitrogens is 2. The van der Waals surface area contributed by atoms with E-state index < -0.39 is 4.92 Å². The lowest BCUT2D eigenvalue weighted by Crippen LogP contribution is -2.22. The van der Waals surface area contributed by atoms with E-state index in [1.807, 2.05) is 0 Å². The summed E-state index contributed by atoms with van der Waals surface area (Å²) < 4.78 is 1.63. The van der Waals surface area contributed by atoms with Crippen molar-refractivity contribution in [3.63, 3.8) is 0 Å². The van der Waals surface area contributed by atoms with E-state index in [9.17, 15) is 14.9 Å². The first-order valence-corrected chi connectivity index (χ1v) is 5.56. The molecule has 0 radical (unpaired) electrons. The highest BCUT2D eigenvalue weighted by atomic mass is 16.6. The molecule has 0 spiro atoms. The molecule has 1 aromatic heterocycles. The average molecular weight is 260 g/mol. The van der Waals surface area contributed by atoms with Gasteiger partial charge in [-0.3, -0.25) is 19.6 Å². The second-order valence-corrected chi connectivity index (χ2v) is 4.01. The number of nitrogens with one attached hydrogen (secondary N) is 1. The van der Waals surface area contributed by atoms with Crippen LogP contribution in [0.25, 0.3) is 0 Å². The van der Waals surface area contributed by atoms with Crippen molar-refractivity contribution in [1.82, 2.24) is 15.1 Å². The zero-order chi connectivity index (χ0) is 13.8. The number of carbonyl (C=O) groups excluding carboxylic acids is 1. The Morgan fingerprint density at radius 3 is 2.95 bits per heavy atom. The summed E-state index contributed by atoms with van der Waals surface area (Å²) in [6.07, 6.45) is 3.43. The van der Waals surface area contributed by atoms with Crippen LogP contribution in [0.4, 0.5) is 5.69 Å². The quantitative estimate of drug-likeness (QED) is 0.661. The number of amides is 1. The topological polar surface area (TPSA) is 90.1 Å². The minimum absolute atomic E-state index is 0.103. The monoisotopic (exact) mass is 260 g/mol. The normalized spacial score (nSPS) is 10.2. The Bertz CT molecular complexity index is 621. The number of nitro groups is 1. The number of nitro benzene ring substituents is 1. The lowest BCUT2D eigenvalue weighted by atomic mass is 10.2. The predicted octanol–water partition coefficient (Wildman–Crippen LogP) is 1.26. The van der Waals surface area contributed by atoms with Crippen molar-refractivity contribution in [2.24, 2.45) is 7.05 Å². The molecular formula is C12H12N4O3. The second-order valence-electron chi connectivity index (χ2n) is 4.01. The van der Waals surface area contributed by atoms with E-state index in [4.69, 9.17) is 0 Å². The van der Waals surface area contributed by atoms with Gasteiger partial charge in [0.2, 0.25) is 0 Å². The number of hydrogen-bond acceptors (Lipinski definition) is 4. The number of nitrogens with zero attached hydrogens (tertiary/aromatic N) is 3. The number of hydrogen-bond donors (Lipinski definition) is 1. The van der Waals surface area contributed by atoms with E-state index in [2.05, 4.69) is 10.4 Å². The Balaban J connectivity index is 2.03. The van der Waals surface area contributed by atoms with E-state index in [0.29, 0.717) is 6.54 Å². The molecule has 0 aliphatic carbocycles. The summed E-state index contributed by atoms with van der Waals surface area (Å²) in [7, 11) is 1.78. The van der Waals surface area contributed by atoms with E-state index in [0.717, 1.165) is 5.56 Å². The summed E-state index contributed by atoms with van der Waals surface area (Å²) in [5.74, 6) is -0.354. The van der Waals surface area contributed by atoms with Gasteiger partial charge in [0.25, 0.3) is 11.6 Å². The first-order valence-electron chi connectivity index (χ1n) is 5.56. The predicted molar refractivity (Wildman–Crippen MR) is 67.5 cm³/mol. The summed E-state index contributed by atoms with van der Waals surface area (Å²) in [5.41, 5.74) is 1.02. The van der Waals surface area contributed by atoms with Gasteiger partial charge in [-0.1, -0.05) is 6.07 Å². The van der Waals surface area contributed by atoms with Crippen molar-refractivity contribution in [3.8, 4) is 0 Å². The third-order valence-electron chi connectivity index (χ3n) is 2.53. The van der Waals surface area contributed by atoms with Gasteiger partial charge in [-0.25, -0.2) is 0 Å². The van der Waals surface area contributed by atoms with Crippen LogP contribution < -0.4 is 5.32 Å². The van der Waals surface area contributed by atoms with Gasteiger partial charge in [0, 0.05) is 43.0 Å². The Morgan fingerprint density at radius 1 is 1.53 bits per heavy atom. The fourth-order valence-electron chi connectivity index (χ4n) is 1.61. The van der Waals surface area contributed by atoms with Gasteiger partial charge >= 0.3 is 0 Å². The van der Waals surface area contributed by atoms with Gasteiger partial charge in [-0.15, -0.1) is 0 Å². The van der Waals surface area contributed by atoms with Crippen LogP contribution in [0.5, 0.6) is 0 Å². The van der Waals surface area contributed by atoms with Gasteiger partial charge in [0.05, 0.1) is 11.1 Å². The van der Waals surface area contributed by atoms with Gasteiger partial charge in [0.15, 0.2) is 0 Å². The summed E-state index contributed by atoms with van der Waals surface area (Å²) in [4.78, 5) is 21.9. The first kappa shape index (κ1) is 12.7. The Hall–Kier alpha value is -2.70. The fraction of sp³-hybridized carbons (Fsp3) is 0.167. The van der Waals surface area contributed by atoms with Crippen molar-refractivity contribution in [3.05, 3.63) is 57.9 Å². The van der Waals surface area contributed by atoms with Crippen molar-refractivity contribution >= 4 is 11.6 Å². The molecule has 19 heavy (non-hydrogen) atoms. The highest BCUT2D eigenvalue weighted by molar-refractivity contribution is 5.94. The maximum atomic E-state index is 11.8. The molecule has 2 rings (SSSR count). The third-order valence-corrected chi connectivity index (χ3v) is 2.53. The number of benzene rings is 1. The highest BCUT2D eigenvalue weighted by Crippen LogP contribution is 2.13. The molecule has 1 heterocycles. The second kappa shape index (κ2) is 5.30. The molecule has 0 unspecified atom stereocenters. The average Bonchev–Trinajstić information content (AvgIpc) is 2.82. The van der Waals surface area contributed by atoms with Crippen molar-refractivity contribution < 1.29 is 9.72 Å². The standard InChI is InChI=1S/C12H12N4O3/c1-15-8-9(7-14-15)6-13-12(17)10-3-2-4-11(5-10)16(18)19/h2-5,7-8H,6H2,1H3,(H,13,17). The molecule has 2 aromatic rings. The summed E-state index contributed by atoms with van der Waals surface area (Å²) in [6.45, 7) is 0.329. The van der Waals surface area contributed by atoms with Crippen LogP contribution >= 0.6 is 0 Å². The van der Waals surface area contributed by atoms with Crippen LogP contribution in [-0.4, -0.2) is 20.6 Å². The van der Waals surface area contributed by atoms with E-state index in [-0.39, 0.29) is 17.2 Å². The summed E-state index contributed by atoms with van der Waals surface area (Å²) in [6, 6.07) is 5.61. The Morgan fingerprint density at radius 2 is 2.32 bits per heavy atom. The SMILES string of the molecule is Cn1cc(CNC(=O)c2cccc([N+](=O)[O-])c2)cn1. The maximum Gasteiger partial charge on any atom is 0.270 e. The smallest absolute Gasteiger partial charge is 0.270 e. The number of carbonyl (C=O) groups is 1. The molecule has 0 atom stereocenters. The summed E-state index contributed by atoms with van der Waals surface area (Å²) >= 11 is 0. The lowest BCUT2D eigenvalue weighted by molar-refractivity contribution is -0.384. The lowest BCUT2D eigenvalue weighted by Gasteiger charge is -2.03. The molecule has 0 aliphatic rings.